The highest BCUT2D eigenvalue weighted by molar-refractivity contribution is 9.10. The lowest BCUT2D eigenvalue weighted by molar-refractivity contribution is 0.482. The van der Waals surface area contributed by atoms with Gasteiger partial charge in [-0.05, 0) is 49.2 Å². The van der Waals surface area contributed by atoms with E-state index >= 15 is 0 Å². The molecule has 2 aromatic carbocycles. The zero-order valence-corrected chi connectivity index (χ0v) is 14.8. The summed E-state index contributed by atoms with van der Waals surface area (Å²) < 4.78 is 7.70. The molecule has 0 saturated heterocycles. The van der Waals surface area contributed by atoms with E-state index in [2.05, 4.69) is 31.9 Å². The summed E-state index contributed by atoms with van der Waals surface area (Å²) in [7, 11) is 0. The molecule has 20 heavy (non-hydrogen) atoms. The molecule has 0 bridgehead atoms. The molecule has 0 aromatic heterocycles. The Labute approximate surface area is 140 Å². The monoisotopic (exact) mass is 417 g/mol. The summed E-state index contributed by atoms with van der Waals surface area (Å²) in [6, 6.07) is 11.5. The number of halogens is 3. The van der Waals surface area contributed by atoms with Crippen molar-refractivity contribution in [2.75, 3.05) is 0 Å². The van der Waals surface area contributed by atoms with Gasteiger partial charge in [0.05, 0.1) is 5.02 Å². The van der Waals surface area contributed by atoms with Gasteiger partial charge >= 0.3 is 0 Å². The Balaban J connectivity index is 2.20. The van der Waals surface area contributed by atoms with Crippen LogP contribution in [0, 0.1) is 0 Å². The first kappa shape index (κ1) is 15.8. The van der Waals surface area contributed by atoms with E-state index in [1.54, 1.807) is 6.07 Å². The van der Waals surface area contributed by atoms with Crippen molar-refractivity contribution in [1.29, 1.82) is 0 Å². The van der Waals surface area contributed by atoms with Crippen LogP contribution in [-0.4, -0.2) is 6.04 Å². The lowest BCUT2D eigenvalue weighted by Gasteiger charge is -2.11. The van der Waals surface area contributed by atoms with Crippen molar-refractivity contribution >= 4 is 43.5 Å². The van der Waals surface area contributed by atoms with Gasteiger partial charge in [0.1, 0.15) is 11.5 Å². The summed E-state index contributed by atoms with van der Waals surface area (Å²) in [5, 5.41) is 0.565. The standard InChI is InChI=1S/C15H14Br2ClNO/c1-9(19)6-10-2-4-12(8-13(10)17)20-15-5-3-11(16)7-14(15)18/h2-5,7-9H,6,19H2,1H3. The van der Waals surface area contributed by atoms with Gasteiger partial charge in [-0.15, -0.1) is 0 Å². The zero-order chi connectivity index (χ0) is 14.7. The minimum atomic E-state index is 0.124. The lowest BCUT2D eigenvalue weighted by atomic mass is 10.1. The molecular formula is C15H14Br2ClNO. The van der Waals surface area contributed by atoms with Gasteiger partial charge in [0, 0.05) is 15.0 Å². The van der Waals surface area contributed by atoms with E-state index in [9.17, 15) is 0 Å². The van der Waals surface area contributed by atoms with E-state index in [1.807, 2.05) is 37.3 Å². The molecule has 0 saturated carbocycles. The predicted octanol–water partition coefficient (Wildman–Crippen LogP) is 5.55. The Morgan fingerprint density at radius 3 is 2.55 bits per heavy atom. The van der Waals surface area contributed by atoms with E-state index in [4.69, 9.17) is 22.1 Å². The average Bonchev–Trinajstić information content (AvgIpc) is 2.36. The van der Waals surface area contributed by atoms with Crippen molar-refractivity contribution in [3.8, 4) is 11.5 Å². The normalized spacial score (nSPS) is 12.2. The first-order chi connectivity index (χ1) is 9.45. The van der Waals surface area contributed by atoms with Gasteiger partial charge in [-0.25, -0.2) is 0 Å². The lowest BCUT2D eigenvalue weighted by Crippen LogP contribution is -2.17. The van der Waals surface area contributed by atoms with E-state index in [-0.39, 0.29) is 6.04 Å². The van der Waals surface area contributed by atoms with E-state index < -0.39 is 0 Å². The Hall–Kier alpha value is -0.550. The van der Waals surface area contributed by atoms with Crippen LogP contribution in [0.5, 0.6) is 11.5 Å². The molecule has 0 fully saturated rings. The minimum Gasteiger partial charge on any atom is -0.456 e. The SMILES string of the molecule is CC(N)Cc1ccc(Oc2ccc(Br)cc2Cl)cc1Br. The molecule has 2 nitrogen and oxygen atoms in total. The Morgan fingerprint density at radius 1 is 1.20 bits per heavy atom. The summed E-state index contributed by atoms with van der Waals surface area (Å²) in [6.45, 7) is 1.98. The Morgan fingerprint density at radius 2 is 1.95 bits per heavy atom. The molecule has 0 aliphatic rings. The van der Waals surface area contributed by atoms with Crippen molar-refractivity contribution in [2.45, 2.75) is 19.4 Å². The van der Waals surface area contributed by atoms with Gasteiger partial charge in [-0.3, -0.25) is 0 Å². The van der Waals surface area contributed by atoms with Crippen molar-refractivity contribution in [3.05, 3.63) is 55.9 Å². The molecule has 0 radical (unpaired) electrons. The summed E-state index contributed by atoms with van der Waals surface area (Å²) >= 11 is 13.0. The van der Waals surface area contributed by atoms with Crippen molar-refractivity contribution in [3.63, 3.8) is 0 Å². The molecule has 2 N–H and O–H groups in total. The number of hydrogen-bond donors (Lipinski definition) is 1. The molecule has 2 aromatic rings. The number of ether oxygens (including phenoxy) is 1. The van der Waals surface area contributed by atoms with Gasteiger partial charge in [0.25, 0.3) is 0 Å². The summed E-state index contributed by atoms with van der Waals surface area (Å²) in [5.74, 6) is 1.36. The smallest absolute Gasteiger partial charge is 0.146 e. The third kappa shape index (κ3) is 4.22. The highest BCUT2D eigenvalue weighted by Gasteiger charge is 2.07. The molecule has 1 unspecified atom stereocenters. The van der Waals surface area contributed by atoms with Crippen LogP contribution in [0.1, 0.15) is 12.5 Å². The summed E-state index contributed by atoms with van der Waals surface area (Å²) in [4.78, 5) is 0. The van der Waals surface area contributed by atoms with Gasteiger partial charge in [-0.1, -0.05) is 49.5 Å². The van der Waals surface area contributed by atoms with Gasteiger partial charge in [0.15, 0.2) is 0 Å². The molecule has 2 rings (SSSR count). The third-order valence-electron chi connectivity index (χ3n) is 2.69. The number of nitrogens with two attached hydrogens (primary N) is 1. The van der Waals surface area contributed by atoms with Crippen LogP contribution < -0.4 is 10.5 Å². The first-order valence-electron chi connectivity index (χ1n) is 6.12. The molecular weight excluding hydrogens is 405 g/mol. The van der Waals surface area contributed by atoms with Crippen LogP contribution in [-0.2, 0) is 6.42 Å². The molecule has 5 heteroatoms. The molecule has 1 atom stereocenters. The van der Waals surface area contributed by atoms with Crippen molar-refractivity contribution in [2.24, 2.45) is 5.73 Å². The van der Waals surface area contributed by atoms with E-state index in [0.717, 1.165) is 26.7 Å². The maximum atomic E-state index is 6.14. The second-order valence-electron chi connectivity index (χ2n) is 4.61. The van der Waals surface area contributed by atoms with Crippen LogP contribution in [0.2, 0.25) is 5.02 Å². The van der Waals surface area contributed by atoms with Crippen molar-refractivity contribution in [1.82, 2.24) is 0 Å². The van der Waals surface area contributed by atoms with Gasteiger partial charge in [-0.2, -0.15) is 0 Å². The van der Waals surface area contributed by atoms with E-state index in [0.29, 0.717) is 10.8 Å². The second-order valence-corrected chi connectivity index (χ2v) is 6.79. The molecule has 0 aliphatic heterocycles. The number of hydrogen-bond acceptors (Lipinski definition) is 2. The van der Waals surface area contributed by atoms with Crippen LogP contribution in [0.3, 0.4) is 0 Å². The first-order valence-corrected chi connectivity index (χ1v) is 8.09. The molecule has 0 aliphatic carbocycles. The fourth-order valence-corrected chi connectivity index (χ4v) is 3.02. The maximum absolute atomic E-state index is 6.14. The maximum Gasteiger partial charge on any atom is 0.146 e. The van der Waals surface area contributed by atoms with Gasteiger partial charge < -0.3 is 10.5 Å². The quantitative estimate of drug-likeness (QED) is 0.705. The number of benzene rings is 2. The fourth-order valence-electron chi connectivity index (χ4n) is 1.79. The predicted molar refractivity (Wildman–Crippen MR) is 90.7 cm³/mol. The van der Waals surface area contributed by atoms with Crippen molar-refractivity contribution < 1.29 is 4.74 Å². The Bertz CT molecular complexity index is 617. The average molecular weight is 420 g/mol. The molecule has 0 spiro atoms. The Kier molecular flexibility index (Phi) is 5.49. The van der Waals surface area contributed by atoms with Crippen LogP contribution in [0.15, 0.2) is 45.3 Å². The zero-order valence-electron chi connectivity index (χ0n) is 10.9. The topological polar surface area (TPSA) is 35.2 Å². The molecule has 106 valence electrons. The van der Waals surface area contributed by atoms with Gasteiger partial charge in [0.2, 0.25) is 0 Å². The highest BCUT2D eigenvalue weighted by atomic mass is 79.9. The summed E-state index contributed by atoms with van der Waals surface area (Å²) in [5.41, 5.74) is 6.98. The molecule has 0 heterocycles. The largest absolute Gasteiger partial charge is 0.456 e. The third-order valence-corrected chi connectivity index (χ3v) is 4.21. The van der Waals surface area contributed by atoms with Crippen LogP contribution >= 0.6 is 43.5 Å². The number of rotatable bonds is 4. The highest BCUT2D eigenvalue weighted by Crippen LogP contribution is 2.33. The minimum absolute atomic E-state index is 0.124. The van der Waals surface area contributed by atoms with Crippen LogP contribution in [0.25, 0.3) is 0 Å². The summed E-state index contributed by atoms with van der Waals surface area (Å²) in [6.07, 6.45) is 0.819. The fraction of sp³-hybridized carbons (Fsp3) is 0.200. The van der Waals surface area contributed by atoms with Crippen LogP contribution in [0.4, 0.5) is 0 Å². The van der Waals surface area contributed by atoms with E-state index in [1.165, 1.54) is 0 Å². The molecule has 0 amide bonds. The second kappa shape index (κ2) is 6.94.